The van der Waals surface area contributed by atoms with E-state index in [9.17, 15) is 8.42 Å². The summed E-state index contributed by atoms with van der Waals surface area (Å²) in [7, 11) is -3.10. The second-order valence-electron chi connectivity index (χ2n) is 7.58. The van der Waals surface area contributed by atoms with Gasteiger partial charge in [-0.15, -0.1) is 0 Å². The van der Waals surface area contributed by atoms with E-state index in [-0.39, 0.29) is 16.9 Å². The fraction of sp³-hybridized carbons (Fsp3) is 0.765. The first-order valence-electron chi connectivity index (χ1n) is 9.02. The predicted octanol–water partition coefficient (Wildman–Crippen LogP) is 1.43. The van der Waals surface area contributed by atoms with Crippen LogP contribution in [0.5, 0.6) is 0 Å². The maximum atomic E-state index is 12.6. The molecule has 2 fully saturated rings. The number of aromatic nitrogens is 2. The number of piperidine rings is 1. The average molecular weight is 350 g/mol. The normalized spacial score (nSPS) is 32.4. The van der Waals surface area contributed by atoms with Crippen LogP contribution in [0.15, 0.2) is 6.20 Å². The molecule has 6 nitrogen and oxygen atoms in total. The van der Waals surface area contributed by atoms with Gasteiger partial charge in [0.15, 0.2) is 9.84 Å². The summed E-state index contributed by atoms with van der Waals surface area (Å²) >= 11 is 0. The predicted molar refractivity (Wildman–Crippen MR) is 93.9 cm³/mol. The summed E-state index contributed by atoms with van der Waals surface area (Å²) in [5.41, 5.74) is 1.79. The van der Waals surface area contributed by atoms with Gasteiger partial charge < -0.3 is 9.80 Å². The summed E-state index contributed by atoms with van der Waals surface area (Å²) in [5, 5.41) is -0.298. The van der Waals surface area contributed by atoms with Gasteiger partial charge in [0.2, 0.25) is 5.95 Å². The van der Waals surface area contributed by atoms with Crippen LogP contribution in [-0.4, -0.2) is 61.3 Å². The molecule has 0 aliphatic carbocycles. The number of fused-ring (bicyclic) bond motifs is 3. The van der Waals surface area contributed by atoms with Crippen molar-refractivity contribution in [3.63, 3.8) is 0 Å². The molecule has 0 N–H and O–H groups in total. The highest BCUT2D eigenvalue weighted by Gasteiger charge is 2.47. The van der Waals surface area contributed by atoms with Crippen molar-refractivity contribution < 1.29 is 8.42 Å². The summed E-state index contributed by atoms with van der Waals surface area (Å²) in [4.78, 5) is 13.9. The molecule has 0 amide bonds. The number of hydrogen-bond acceptors (Lipinski definition) is 6. The van der Waals surface area contributed by atoms with Crippen molar-refractivity contribution in [1.29, 1.82) is 0 Å². The van der Waals surface area contributed by atoms with Crippen LogP contribution in [0.3, 0.4) is 0 Å². The van der Waals surface area contributed by atoms with Gasteiger partial charge in [-0.2, -0.15) is 0 Å². The van der Waals surface area contributed by atoms with Gasteiger partial charge in [-0.3, -0.25) is 0 Å². The van der Waals surface area contributed by atoms with Crippen LogP contribution in [0.4, 0.5) is 5.95 Å². The molecule has 24 heavy (non-hydrogen) atoms. The van der Waals surface area contributed by atoms with Crippen LogP contribution in [0, 0.1) is 5.92 Å². The van der Waals surface area contributed by atoms with Gasteiger partial charge in [-0.25, -0.2) is 18.4 Å². The van der Waals surface area contributed by atoms with Crippen molar-refractivity contribution in [2.24, 2.45) is 5.92 Å². The lowest BCUT2D eigenvalue weighted by Gasteiger charge is -2.32. The van der Waals surface area contributed by atoms with Crippen molar-refractivity contribution in [2.45, 2.75) is 43.6 Å². The van der Waals surface area contributed by atoms with Gasteiger partial charge in [0, 0.05) is 43.9 Å². The van der Waals surface area contributed by atoms with Gasteiger partial charge >= 0.3 is 0 Å². The third-order valence-corrected chi connectivity index (χ3v) is 7.90. The minimum absolute atomic E-state index is 0.00247. The second kappa shape index (κ2) is 5.95. The molecule has 3 aliphatic rings. The van der Waals surface area contributed by atoms with Gasteiger partial charge in [-0.05, 0) is 25.3 Å². The number of nitrogens with zero attached hydrogens (tertiary/aromatic N) is 4. The van der Waals surface area contributed by atoms with Gasteiger partial charge in [0.25, 0.3) is 0 Å². The lowest BCUT2D eigenvalue weighted by Crippen LogP contribution is -2.38. The van der Waals surface area contributed by atoms with Crippen LogP contribution >= 0.6 is 0 Å². The van der Waals surface area contributed by atoms with E-state index in [0.29, 0.717) is 12.5 Å². The third kappa shape index (κ3) is 2.71. The Kier molecular flexibility index (Phi) is 4.03. The first-order chi connectivity index (χ1) is 11.5. The maximum Gasteiger partial charge on any atom is 0.225 e. The zero-order valence-electron chi connectivity index (χ0n) is 14.5. The van der Waals surface area contributed by atoms with Crippen LogP contribution in [0.25, 0.3) is 0 Å². The molecule has 3 aliphatic heterocycles. The number of likely N-dealkylation sites (tertiary alicyclic amines) is 1. The second-order valence-corrected chi connectivity index (χ2v) is 9.80. The van der Waals surface area contributed by atoms with Crippen LogP contribution in [0.1, 0.15) is 43.9 Å². The summed E-state index contributed by atoms with van der Waals surface area (Å²) in [6.45, 7) is 8.67. The molecule has 0 unspecified atom stereocenters. The molecule has 132 valence electrons. The molecule has 4 heterocycles. The van der Waals surface area contributed by atoms with Crippen LogP contribution in [-0.2, 0) is 15.6 Å². The van der Waals surface area contributed by atoms with E-state index in [1.165, 1.54) is 12.8 Å². The Labute approximate surface area is 144 Å². The summed E-state index contributed by atoms with van der Waals surface area (Å²) in [6.07, 6.45) is 4.20. The number of rotatable bonds is 2. The zero-order chi connectivity index (χ0) is 16.9. The summed E-state index contributed by atoms with van der Waals surface area (Å²) in [6, 6.07) is 0. The maximum absolute atomic E-state index is 12.6. The monoisotopic (exact) mass is 350 g/mol. The molecule has 1 aromatic rings. The first-order valence-corrected chi connectivity index (χ1v) is 10.7. The number of likely N-dealkylation sites (N-methyl/N-ethyl adjacent to an activating group) is 1. The molecule has 3 atom stereocenters. The van der Waals surface area contributed by atoms with Crippen molar-refractivity contribution in [3.8, 4) is 0 Å². The van der Waals surface area contributed by atoms with E-state index in [0.717, 1.165) is 43.4 Å². The lowest BCUT2D eigenvalue weighted by atomic mass is 9.99. The van der Waals surface area contributed by atoms with E-state index in [2.05, 4.69) is 28.6 Å². The quantitative estimate of drug-likeness (QED) is 0.804. The van der Waals surface area contributed by atoms with E-state index < -0.39 is 9.84 Å². The Hall–Kier alpha value is -1.21. The average Bonchev–Trinajstić information content (AvgIpc) is 3.00. The largest absolute Gasteiger partial charge is 0.341 e. The molecule has 0 bridgehead atoms. The number of anilines is 1. The molecular weight excluding hydrogens is 324 g/mol. The molecule has 0 saturated carbocycles. The highest BCUT2D eigenvalue weighted by molar-refractivity contribution is 7.91. The Bertz CT molecular complexity index is 736. The molecule has 4 rings (SSSR count). The summed E-state index contributed by atoms with van der Waals surface area (Å²) < 4.78 is 25.2. The standard InChI is InChI=1S/C17H26N4O2S/c1-3-20-9-14-15(10-20)24(22,23)11-13-7-18-17(19-16(13)14)21-6-4-5-12(2)8-21/h7,12,14-15H,3-6,8-11H2,1-2H3/t12-,14-,15+/m0/s1. The first kappa shape index (κ1) is 16.3. The highest BCUT2D eigenvalue weighted by atomic mass is 32.2. The van der Waals surface area contributed by atoms with Gasteiger partial charge in [0.05, 0.1) is 16.7 Å². The molecule has 0 spiro atoms. The number of hydrogen-bond donors (Lipinski definition) is 0. The Morgan fingerprint density at radius 3 is 2.88 bits per heavy atom. The molecule has 2 saturated heterocycles. The molecular formula is C17H26N4O2S. The van der Waals surface area contributed by atoms with Crippen molar-refractivity contribution in [1.82, 2.24) is 14.9 Å². The highest BCUT2D eigenvalue weighted by Crippen LogP contribution is 2.39. The van der Waals surface area contributed by atoms with Crippen molar-refractivity contribution in [2.75, 3.05) is 37.6 Å². The Morgan fingerprint density at radius 2 is 2.12 bits per heavy atom. The fourth-order valence-corrected chi connectivity index (χ4v) is 6.45. The van der Waals surface area contributed by atoms with E-state index in [1.807, 2.05) is 0 Å². The molecule has 0 radical (unpaired) electrons. The van der Waals surface area contributed by atoms with Crippen molar-refractivity contribution >= 4 is 15.8 Å². The van der Waals surface area contributed by atoms with E-state index >= 15 is 0 Å². The van der Waals surface area contributed by atoms with E-state index in [4.69, 9.17) is 4.98 Å². The van der Waals surface area contributed by atoms with Gasteiger partial charge in [0.1, 0.15) is 0 Å². The van der Waals surface area contributed by atoms with Crippen LogP contribution < -0.4 is 4.90 Å². The van der Waals surface area contributed by atoms with Gasteiger partial charge in [-0.1, -0.05) is 13.8 Å². The third-order valence-electron chi connectivity index (χ3n) is 5.78. The number of sulfone groups is 1. The minimum atomic E-state index is -3.10. The SMILES string of the molecule is CCN1C[C@@H]2c3nc(N4CCC[C@H](C)C4)ncc3CS(=O)(=O)[C@@H]2C1. The molecule has 1 aromatic heterocycles. The molecule has 0 aromatic carbocycles. The lowest BCUT2D eigenvalue weighted by molar-refractivity contribution is 0.353. The topological polar surface area (TPSA) is 66.4 Å². The van der Waals surface area contributed by atoms with E-state index in [1.54, 1.807) is 6.20 Å². The minimum Gasteiger partial charge on any atom is -0.341 e. The Morgan fingerprint density at radius 1 is 1.29 bits per heavy atom. The summed E-state index contributed by atoms with van der Waals surface area (Å²) in [5.74, 6) is 1.54. The fourth-order valence-electron chi connectivity index (χ4n) is 4.43. The molecule has 7 heteroatoms. The van der Waals surface area contributed by atoms with Crippen LogP contribution in [0.2, 0.25) is 0 Å². The zero-order valence-corrected chi connectivity index (χ0v) is 15.3. The smallest absolute Gasteiger partial charge is 0.225 e. The Balaban J connectivity index is 1.70. The van der Waals surface area contributed by atoms with Crippen molar-refractivity contribution in [3.05, 3.63) is 17.5 Å².